The molecule has 2 heterocycles. The molecule has 2 aromatic carbocycles. The second-order valence-electron chi connectivity index (χ2n) is 7.17. The van der Waals surface area contributed by atoms with Crippen molar-refractivity contribution in [2.45, 2.75) is 24.2 Å². The van der Waals surface area contributed by atoms with Gasteiger partial charge in [0, 0.05) is 13.1 Å². The molecular formula is C20H21N3O3S2. The highest BCUT2D eigenvalue weighted by Crippen LogP contribution is 2.32. The summed E-state index contributed by atoms with van der Waals surface area (Å²) in [5, 5.41) is 0.955. The fourth-order valence-electron chi connectivity index (χ4n) is 3.80. The molecule has 1 aromatic heterocycles. The first kappa shape index (κ1) is 17.9. The van der Waals surface area contributed by atoms with E-state index in [1.54, 1.807) is 23.5 Å². The number of nitrogens with zero attached hydrogens (tertiary/aromatic N) is 2. The van der Waals surface area contributed by atoms with E-state index < -0.39 is 10.0 Å². The van der Waals surface area contributed by atoms with Gasteiger partial charge >= 0.3 is 0 Å². The van der Waals surface area contributed by atoms with Crippen LogP contribution in [-0.2, 0) is 27.6 Å². The standard InChI is InChI=1S/C20H21N3O3S2/c24-28(25,17-6-4-14-2-1-3-15(14)12-17)22-16-5-7-18-19(13-16)27-20(21-18)23-8-10-26-11-9-23/h4-7,12-13,22H,1-3,8-11H2. The lowest BCUT2D eigenvalue weighted by Crippen LogP contribution is -2.36. The van der Waals surface area contributed by atoms with Crippen LogP contribution in [0.15, 0.2) is 41.3 Å². The third-order valence-electron chi connectivity index (χ3n) is 5.29. The lowest BCUT2D eigenvalue weighted by molar-refractivity contribution is 0.122. The summed E-state index contributed by atoms with van der Waals surface area (Å²) in [4.78, 5) is 7.22. The second-order valence-corrected chi connectivity index (χ2v) is 9.86. The zero-order chi connectivity index (χ0) is 19.1. The molecule has 0 bridgehead atoms. The summed E-state index contributed by atoms with van der Waals surface area (Å²) < 4.78 is 34.8. The van der Waals surface area contributed by atoms with Crippen molar-refractivity contribution in [3.05, 3.63) is 47.5 Å². The van der Waals surface area contributed by atoms with E-state index in [1.807, 2.05) is 24.3 Å². The normalized spacial score (nSPS) is 17.1. The van der Waals surface area contributed by atoms with Gasteiger partial charge in [0.05, 0.1) is 34.0 Å². The zero-order valence-electron chi connectivity index (χ0n) is 15.3. The number of anilines is 2. The van der Waals surface area contributed by atoms with Crippen molar-refractivity contribution in [1.29, 1.82) is 0 Å². The van der Waals surface area contributed by atoms with Gasteiger partial charge in [-0.1, -0.05) is 17.4 Å². The van der Waals surface area contributed by atoms with Crippen LogP contribution in [0.25, 0.3) is 10.2 Å². The second kappa shape index (κ2) is 7.02. The van der Waals surface area contributed by atoms with Crippen LogP contribution in [0.5, 0.6) is 0 Å². The summed E-state index contributed by atoms with van der Waals surface area (Å²) in [6, 6.07) is 11.0. The van der Waals surface area contributed by atoms with Crippen LogP contribution in [0.2, 0.25) is 0 Å². The predicted molar refractivity (Wildman–Crippen MR) is 112 cm³/mol. The maximum absolute atomic E-state index is 12.8. The third-order valence-corrected chi connectivity index (χ3v) is 7.75. The topological polar surface area (TPSA) is 71.5 Å². The van der Waals surface area contributed by atoms with E-state index in [1.165, 1.54) is 5.56 Å². The highest BCUT2D eigenvalue weighted by atomic mass is 32.2. The van der Waals surface area contributed by atoms with Gasteiger partial charge in [-0.15, -0.1) is 0 Å². The van der Waals surface area contributed by atoms with E-state index in [4.69, 9.17) is 4.74 Å². The number of hydrogen-bond acceptors (Lipinski definition) is 6. The molecule has 0 atom stereocenters. The Hall–Kier alpha value is -2.16. The summed E-state index contributed by atoms with van der Waals surface area (Å²) in [7, 11) is -3.61. The number of rotatable bonds is 4. The van der Waals surface area contributed by atoms with E-state index >= 15 is 0 Å². The van der Waals surface area contributed by atoms with Crippen molar-refractivity contribution in [1.82, 2.24) is 4.98 Å². The molecule has 2 aliphatic rings. The number of ether oxygens (including phenoxy) is 1. The lowest BCUT2D eigenvalue weighted by Gasteiger charge is -2.25. The number of aryl methyl sites for hydroxylation is 2. The highest BCUT2D eigenvalue weighted by molar-refractivity contribution is 7.92. The molecule has 1 saturated heterocycles. The predicted octanol–water partition coefficient (Wildman–Crippen LogP) is 3.42. The maximum Gasteiger partial charge on any atom is 0.261 e. The quantitative estimate of drug-likeness (QED) is 0.707. The number of sulfonamides is 1. The fraction of sp³-hybridized carbons (Fsp3) is 0.350. The molecule has 8 heteroatoms. The minimum atomic E-state index is -3.61. The third kappa shape index (κ3) is 3.36. The first-order valence-corrected chi connectivity index (χ1v) is 11.8. The summed E-state index contributed by atoms with van der Waals surface area (Å²) in [5.41, 5.74) is 3.86. The van der Waals surface area contributed by atoms with Crippen LogP contribution in [0.3, 0.4) is 0 Å². The van der Waals surface area contributed by atoms with Crippen molar-refractivity contribution in [2.75, 3.05) is 35.9 Å². The Kier molecular flexibility index (Phi) is 4.49. The number of thiazole rings is 1. The molecule has 0 saturated carbocycles. The molecule has 28 heavy (non-hydrogen) atoms. The molecule has 3 aromatic rings. The van der Waals surface area contributed by atoms with Crippen LogP contribution in [0.1, 0.15) is 17.5 Å². The van der Waals surface area contributed by atoms with Crippen molar-refractivity contribution >= 4 is 42.4 Å². The molecule has 1 fully saturated rings. The van der Waals surface area contributed by atoms with E-state index in [9.17, 15) is 8.42 Å². The highest BCUT2D eigenvalue weighted by Gasteiger charge is 2.20. The summed E-state index contributed by atoms with van der Waals surface area (Å²) in [5.74, 6) is 0. The summed E-state index contributed by atoms with van der Waals surface area (Å²) in [6.45, 7) is 3.08. The Morgan fingerprint density at radius 1 is 1.04 bits per heavy atom. The Morgan fingerprint density at radius 3 is 2.71 bits per heavy atom. The summed E-state index contributed by atoms with van der Waals surface area (Å²) >= 11 is 1.58. The van der Waals surface area contributed by atoms with Crippen LogP contribution >= 0.6 is 11.3 Å². The number of nitrogens with one attached hydrogen (secondary N) is 1. The summed E-state index contributed by atoms with van der Waals surface area (Å²) in [6.07, 6.45) is 3.09. The number of fused-ring (bicyclic) bond motifs is 2. The fourth-order valence-corrected chi connectivity index (χ4v) is 5.95. The van der Waals surface area contributed by atoms with E-state index in [0.29, 0.717) is 23.8 Å². The smallest absolute Gasteiger partial charge is 0.261 e. The van der Waals surface area contributed by atoms with Crippen LogP contribution in [-0.4, -0.2) is 39.7 Å². The Labute approximate surface area is 168 Å². The molecule has 0 radical (unpaired) electrons. The molecule has 0 amide bonds. The molecule has 1 aliphatic carbocycles. The van der Waals surface area contributed by atoms with Gasteiger partial charge in [0.25, 0.3) is 10.0 Å². The average Bonchev–Trinajstić information content (AvgIpc) is 3.34. The van der Waals surface area contributed by atoms with Gasteiger partial charge in [0.1, 0.15) is 0 Å². The molecule has 1 N–H and O–H groups in total. The number of hydrogen-bond donors (Lipinski definition) is 1. The zero-order valence-corrected chi connectivity index (χ0v) is 17.0. The van der Waals surface area contributed by atoms with Gasteiger partial charge < -0.3 is 9.64 Å². The first-order chi connectivity index (χ1) is 13.6. The van der Waals surface area contributed by atoms with Crippen molar-refractivity contribution in [3.8, 4) is 0 Å². The van der Waals surface area contributed by atoms with E-state index in [2.05, 4.69) is 14.6 Å². The Balaban J connectivity index is 1.41. The molecular weight excluding hydrogens is 394 g/mol. The van der Waals surface area contributed by atoms with E-state index in [0.717, 1.165) is 53.3 Å². The molecule has 1 aliphatic heterocycles. The molecule has 5 rings (SSSR count). The Bertz CT molecular complexity index is 1130. The van der Waals surface area contributed by atoms with Gasteiger partial charge in [-0.05, 0) is 60.7 Å². The van der Waals surface area contributed by atoms with Gasteiger partial charge in [0.2, 0.25) is 0 Å². The van der Waals surface area contributed by atoms with Crippen molar-refractivity contribution in [2.24, 2.45) is 0 Å². The minimum absolute atomic E-state index is 0.326. The average molecular weight is 416 g/mol. The number of benzene rings is 2. The molecule has 0 unspecified atom stereocenters. The monoisotopic (exact) mass is 415 g/mol. The number of aromatic nitrogens is 1. The number of morpholine rings is 1. The lowest BCUT2D eigenvalue weighted by atomic mass is 10.1. The molecule has 0 spiro atoms. The van der Waals surface area contributed by atoms with Gasteiger partial charge in [-0.3, -0.25) is 4.72 Å². The molecule has 146 valence electrons. The van der Waals surface area contributed by atoms with Gasteiger partial charge in [-0.25, -0.2) is 13.4 Å². The van der Waals surface area contributed by atoms with Gasteiger partial charge in [-0.2, -0.15) is 0 Å². The molecule has 6 nitrogen and oxygen atoms in total. The largest absolute Gasteiger partial charge is 0.378 e. The van der Waals surface area contributed by atoms with Crippen LogP contribution < -0.4 is 9.62 Å². The van der Waals surface area contributed by atoms with Crippen molar-refractivity contribution < 1.29 is 13.2 Å². The SMILES string of the molecule is O=S(=O)(Nc1ccc2nc(N3CCOCC3)sc2c1)c1ccc2c(c1)CCC2. The van der Waals surface area contributed by atoms with Gasteiger partial charge in [0.15, 0.2) is 5.13 Å². The minimum Gasteiger partial charge on any atom is -0.378 e. The van der Waals surface area contributed by atoms with Crippen LogP contribution in [0.4, 0.5) is 10.8 Å². The Morgan fingerprint density at radius 2 is 1.86 bits per heavy atom. The first-order valence-electron chi connectivity index (χ1n) is 9.46. The van der Waals surface area contributed by atoms with Crippen LogP contribution in [0, 0.1) is 0 Å². The maximum atomic E-state index is 12.8. The van der Waals surface area contributed by atoms with E-state index in [-0.39, 0.29) is 0 Å². The van der Waals surface area contributed by atoms with Crippen molar-refractivity contribution in [3.63, 3.8) is 0 Å².